The average Bonchev–Trinajstić information content (AvgIpc) is 3.80. The molecule has 3 aliphatic heterocycles. The molecule has 14 nitrogen and oxygen atoms in total. The summed E-state index contributed by atoms with van der Waals surface area (Å²) >= 11 is 0. The molecule has 352 valence electrons. The first-order valence-electron chi connectivity index (χ1n) is 23.6. The highest BCUT2D eigenvalue weighted by Crippen LogP contribution is 2.41. The second-order valence-corrected chi connectivity index (χ2v) is 20.0. The lowest BCUT2D eigenvalue weighted by Crippen LogP contribution is -2.58. The summed E-state index contributed by atoms with van der Waals surface area (Å²) in [6, 6.07) is 15.8. The fraction of sp³-hybridized carbons (Fsp3) is 0.442. The van der Waals surface area contributed by atoms with Gasteiger partial charge < -0.3 is 34.7 Å². The summed E-state index contributed by atoms with van der Waals surface area (Å²) in [6.45, 7) is 20.7. The minimum Gasteiger partial charge on any atom is -0.392 e. The molecule has 15 heteroatoms. The molecule has 3 aromatic heterocycles. The number of piperazine rings is 1. The molecule has 6 heterocycles. The number of hydrogen-bond acceptors (Lipinski definition) is 10. The van der Waals surface area contributed by atoms with Crippen molar-refractivity contribution < 1.29 is 19.1 Å². The van der Waals surface area contributed by atoms with Gasteiger partial charge in [0.05, 0.1) is 23.7 Å². The molecule has 0 radical (unpaired) electrons. The van der Waals surface area contributed by atoms with Crippen molar-refractivity contribution in [2.24, 2.45) is 12.5 Å². The van der Waals surface area contributed by atoms with E-state index in [0.717, 1.165) is 68.8 Å². The highest BCUT2D eigenvalue weighted by molar-refractivity contribution is 6.06. The Morgan fingerprint density at radius 3 is 2.54 bits per heavy atom. The van der Waals surface area contributed by atoms with Gasteiger partial charge in [0, 0.05) is 105 Å². The zero-order chi connectivity index (χ0) is 47.5. The number of hydrogen-bond donors (Lipinski definition) is 3. The maximum atomic E-state index is 14.5. The van der Waals surface area contributed by atoms with E-state index in [2.05, 4.69) is 69.2 Å². The van der Waals surface area contributed by atoms with Gasteiger partial charge >= 0.3 is 0 Å². The molecule has 67 heavy (non-hydrogen) atoms. The number of nitrogens with zero attached hydrogens (tertiary/aromatic N) is 8. The number of amides is 2. The van der Waals surface area contributed by atoms with Gasteiger partial charge in [-0.2, -0.15) is 0 Å². The summed E-state index contributed by atoms with van der Waals surface area (Å²) in [7, 11) is 1.64. The van der Waals surface area contributed by atoms with E-state index in [4.69, 9.17) is 4.98 Å². The zero-order valence-corrected chi connectivity index (χ0v) is 39.8. The van der Waals surface area contributed by atoms with Gasteiger partial charge in [-0.15, -0.1) is 0 Å². The Kier molecular flexibility index (Phi) is 12.3. The number of carbonyl (C=O) groups is 2. The monoisotopic (exact) mass is 911 g/mol. The van der Waals surface area contributed by atoms with Crippen molar-refractivity contribution >= 4 is 46.2 Å². The van der Waals surface area contributed by atoms with Crippen LogP contribution >= 0.6 is 0 Å². The standard InChI is InChI=1S/C52H63FN10O4/c1-9-47(65)56-42-24-35(10-13-44(42)61-19-18-59(28-33(61)5)36-15-17-60(32(4)22-36)37-11-12-41(53)39(25-37)31(2)3)55-48-51(67)58(8)29-43(57-48)38-14-16-54-49(40(38)30-64)63-21-20-62-45(50(63)66)23-34-26-52(6,7)27-46(34)62/h9-14,16,23-25,29,31-33,36,64H,1,15,17-22,26-28,30H2,2-8H3,(H,55,57)(H,56,65)/t32-,33+,36?/m1/s1. The molecular weight excluding hydrogens is 848 g/mol. The van der Waals surface area contributed by atoms with Gasteiger partial charge in [0.25, 0.3) is 11.5 Å². The van der Waals surface area contributed by atoms with Gasteiger partial charge in [0.1, 0.15) is 17.3 Å². The van der Waals surface area contributed by atoms with Crippen molar-refractivity contribution in [3.05, 3.63) is 118 Å². The van der Waals surface area contributed by atoms with E-state index in [-0.39, 0.29) is 46.4 Å². The maximum absolute atomic E-state index is 14.5. The lowest BCUT2D eigenvalue weighted by atomic mass is 9.90. The summed E-state index contributed by atoms with van der Waals surface area (Å²) in [5.74, 6) is -0.152. The second kappa shape index (κ2) is 18.1. The van der Waals surface area contributed by atoms with Gasteiger partial charge in [0.2, 0.25) is 5.91 Å². The first-order valence-corrected chi connectivity index (χ1v) is 23.6. The van der Waals surface area contributed by atoms with Crippen LogP contribution in [0.3, 0.4) is 0 Å². The number of piperidine rings is 1. The Morgan fingerprint density at radius 1 is 1.00 bits per heavy atom. The third-order valence-corrected chi connectivity index (χ3v) is 14.4. The first-order chi connectivity index (χ1) is 32.0. The minimum atomic E-state index is -0.406. The number of fused-ring (bicyclic) bond motifs is 3. The van der Waals surface area contributed by atoms with E-state index in [1.807, 2.05) is 44.2 Å². The van der Waals surface area contributed by atoms with Crippen LogP contribution in [0.4, 0.5) is 38.8 Å². The zero-order valence-electron chi connectivity index (χ0n) is 39.8. The van der Waals surface area contributed by atoms with Crippen LogP contribution in [0.2, 0.25) is 0 Å². The largest absolute Gasteiger partial charge is 0.392 e. The molecule has 3 atom stereocenters. The van der Waals surface area contributed by atoms with Gasteiger partial charge in [-0.05, 0) is 117 Å². The summed E-state index contributed by atoms with van der Waals surface area (Å²) in [5, 5.41) is 17.1. The van der Waals surface area contributed by atoms with Crippen LogP contribution in [0.15, 0.2) is 78.4 Å². The highest BCUT2D eigenvalue weighted by Gasteiger charge is 2.38. The van der Waals surface area contributed by atoms with E-state index in [0.29, 0.717) is 64.9 Å². The number of aliphatic hydroxyl groups is 1. The molecule has 1 unspecified atom stereocenters. The van der Waals surface area contributed by atoms with Crippen molar-refractivity contribution in [3.8, 4) is 11.3 Å². The number of benzene rings is 2. The number of aryl methyl sites for hydroxylation is 1. The molecule has 0 saturated carbocycles. The maximum Gasteiger partial charge on any atom is 0.293 e. The first kappa shape index (κ1) is 45.8. The molecule has 3 N–H and O–H groups in total. The molecule has 2 fully saturated rings. The van der Waals surface area contributed by atoms with E-state index >= 15 is 0 Å². The van der Waals surface area contributed by atoms with Gasteiger partial charge in [-0.3, -0.25) is 24.2 Å². The molecule has 0 spiro atoms. The number of carbonyl (C=O) groups excluding carboxylic acids is 2. The number of nitrogens with one attached hydrogen (secondary N) is 2. The van der Waals surface area contributed by atoms with Crippen LogP contribution in [0.5, 0.6) is 0 Å². The van der Waals surface area contributed by atoms with Crippen LogP contribution in [-0.4, -0.2) is 91.8 Å². The van der Waals surface area contributed by atoms with Crippen molar-refractivity contribution in [3.63, 3.8) is 0 Å². The third kappa shape index (κ3) is 8.75. The molecule has 2 aromatic carbocycles. The predicted octanol–water partition coefficient (Wildman–Crippen LogP) is 7.62. The Labute approximate surface area is 392 Å². The average molecular weight is 911 g/mol. The molecule has 0 bridgehead atoms. The lowest BCUT2D eigenvalue weighted by Gasteiger charge is -2.48. The van der Waals surface area contributed by atoms with Crippen LogP contribution in [-0.2, 0) is 37.8 Å². The summed E-state index contributed by atoms with van der Waals surface area (Å²) in [4.78, 5) is 59.0. The number of aromatic nitrogens is 4. The van der Waals surface area contributed by atoms with E-state index in [9.17, 15) is 23.9 Å². The predicted molar refractivity (Wildman–Crippen MR) is 263 cm³/mol. The lowest BCUT2D eigenvalue weighted by molar-refractivity contribution is -0.111. The van der Waals surface area contributed by atoms with Crippen molar-refractivity contribution in [1.82, 2.24) is 24.0 Å². The van der Waals surface area contributed by atoms with Gasteiger partial charge in [-0.25, -0.2) is 14.4 Å². The minimum absolute atomic E-state index is 0.0439. The highest BCUT2D eigenvalue weighted by atomic mass is 19.1. The topological polar surface area (TPSA) is 144 Å². The Balaban J connectivity index is 0.925. The fourth-order valence-electron chi connectivity index (χ4n) is 11.0. The Bertz CT molecular complexity index is 2820. The summed E-state index contributed by atoms with van der Waals surface area (Å²) in [6.07, 6.45) is 8.31. The summed E-state index contributed by atoms with van der Waals surface area (Å²) < 4.78 is 18.1. The normalized spacial score (nSPS) is 20.5. The van der Waals surface area contributed by atoms with Crippen molar-refractivity contribution in [1.29, 1.82) is 0 Å². The number of rotatable bonds is 11. The van der Waals surface area contributed by atoms with Crippen LogP contribution in [0.1, 0.15) is 93.2 Å². The number of anilines is 6. The molecule has 9 rings (SSSR count). The van der Waals surface area contributed by atoms with Gasteiger partial charge in [0.15, 0.2) is 5.82 Å². The second-order valence-electron chi connectivity index (χ2n) is 20.0. The van der Waals surface area contributed by atoms with Crippen LogP contribution in [0, 0.1) is 11.2 Å². The molecule has 2 amide bonds. The number of halogens is 1. The van der Waals surface area contributed by atoms with E-state index < -0.39 is 6.61 Å². The smallest absolute Gasteiger partial charge is 0.293 e. The molecule has 1 aliphatic carbocycles. The number of aliphatic hydroxyl groups excluding tert-OH is 1. The van der Waals surface area contributed by atoms with Gasteiger partial charge in [-0.1, -0.05) is 34.3 Å². The van der Waals surface area contributed by atoms with Crippen LogP contribution < -0.4 is 30.9 Å². The summed E-state index contributed by atoms with van der Waals surface area (Å²) in [5.41, 5.74) is 8.04. The van der Waals surface area contributed by atoms with Crippen molar-refractivity contribution in [2.75, 3.05) is 58.1 Å². The van der Waals surface area contributed by atoms with E-state index in [1.165, 1.54) is 21.9 Å². The molecule has 2 saturated heterocycles. The Morgan fingerprint density at radius 2 is 1.81 bits per heavy atom. The fourth-order valence-corrected chi connectivity index (χ4v) is 11.0. The molecule has 4 aliphatic rings. The Hall–Kier alpha value is -6.32. The van der Waals surface area contributed by atoms with Crippen LogP contribution in [0.25, 0.3) is 11.3 Å². The van der Waals surface area contributed by atoms with Crippen molar-refractivity contribution in [2.45, 2.75) is 104 Å². The quantitative estimate of drug-likeness (QED) is 0.113. The molecular formula is C52H63FN10O4. The number of pyridine rings is 1. The third-order valence-electron chi connectivity index (χ3n) is 14.4. The SMILES string of the molecule is C=CC(=O)Nc1cc(Nc2nc(-c3ccnc(N4CCn5c(cc6c5CC(C)(C)C6)C4=O)c3CO)cn(C)c2=O)ccc1N1CCN(C2CCN(c3ccc(F)c(C(C)C)c3)[C@H](C)C2)C[C@@H]1C. The molecule has 5 aromatic rings. The van der Waals surface area contributed by atoms with E-state index in [1.54, 1.807) is 42.5 Å².